The van der Waals surface area contributed by atoms with E-state index in [1.165, 1.54) is 57.8 Å². The van der Waals surface area contributed by atoms with E-state index in [0.29, 0.717) is 16.2 Å². The Bertz CT molecular complexity index is 445. The molecule has 0 aromatic carbocycles. The molecule has 0 nitrogen and oxygen atoms in total. The van der Waals surface area contributed by atoms with E-state index in [2.05, 4.69) is 27.4 Å². The highest BCUT2D eigenvalue weighted by Gasteiger charge is 2.62. The molecule has 0 amide bonds. The van der Waals surface area contributed by atoms with Gasteiger partial charge in [-0.05, 0) is 85.4 Å². The maximum atomic E-state index is 4.44. The molecule has 5 atom stereocenters. The van der Waals surface area contributed by atoms with E-state index in [1.807, 2.05) is 0 Å². The molecule has 4 saturated carbocycles. The average Bonchev–Trinajstić information content (AvgIpc) is 2.58. The first kappa shape index (κ1) is 13.4. The number of hydrogen-bond acceptors (Lipinski definition) is 0. The number of allylic oxidation sites excluding steroid dienone is 1. The Kier molecular flexibility index (Phi) is 2.63. The van der Waals surface area contributed by atoms with Gasteiger partial charge in [0.2, 0.25) is 0 Å². The zero-order valence-corrected chi connectivity index (χ0v) is 13.8. The first-order chi connectivity index (χ1) is 9.37. The average molecular weight is 272 g/mol. The van der Waals surface area contributed by atoms with Gasteiger partial charge in [0.05, 0.1) is 0 Å². The van der Waals surface area contributed by atoms with Crippen LogP contribution in [0.2, 0.25) is 0 Å². The summed E-state index contributed by atoms with van der Waals surface area (Å²) in [6, 6.07) is 0. The minimum Gasteiger partial charge on any atom is -0.0996 e. The molecule has 0 heteroatoms. The molecule has 1 spiro atoms. The predicted molar refractivity (Wildman–Crippen MR) is 85.5 cm³/mol. The Morgan fingerprint density at radius 2 is 1.75 bits per heavy atom. The molecule has 20 heavy (non-hydrogen) atoms. The van der Waals surface area contributed by atoms with Crippen molar-refractivity contribution in [1.82, 2.24) is 0 Å². The normalized spacial score (nSPS) is 53.4. The van der Waals surface area contributed by atoms with Crippen LogP contribution in [0, 0.1) is 34.0 Å². The first-order valence-corrected chi connectivity index (χ1v) is 9.05. The largest absolute Gasteiger partial charge is 0.0996 e. The van der Waals surface area contributed by atoms with Gasteiger partial charge < -0.3 is 0 Å². The zero-order valence-electron chi connectivity index (χ0n) is 13.8. The van der Waals surface area contributed by atoms with Crippen LogP contribution in [0.4, 0.5) is 0 Å². The number of hydrogen-bond donors (Lipinski definition) is 0. The van der Waals surface area contributed by atoms with Crippen LogP contribution in [-0.4, -0.2) is 0 Å². The van der Waals surface area contributed by atoms with E-state index in [0.717, 1.165) is 17.8 Å². The third-order valence-electron chi connectivity index (χ3n) is 8.36. The van der Waals surface area contributed by atoms with Crippen molar-refractivity contribution in [2.75, 3.05) is 0 Å². The van der Waals surface area contributed by atoms with Gasteiger partial charge in [0.25, 0.3) is 0 Å². The highest BCUT2D eigenvalue weighted by atomic mass is 14.7. The Morgan fingerprint density at radius 1 is 0.950 bits per heavy atom. The molecular formula is C20H32. The summed E-state index contributed by atoms with van der Waals surface area (Å²) in [6.45, 7) is 12.2. The van der Waals surface area contributed by atoms with Gasteiger partial charge in [-0.3, -0.25) is 0 Å². The van der Waals surface area contributed by atoms with Crippen LogP contribution in [0.3, 0.4) is 0 Å². The number of fused-ring (bicyclic) bond motifs is 3. The lowest BCUT2D eigenvalue weighted by molar-refractivity contribution is -0.144. The van der Waals surface area contributed by atoms with E-state index in [9.17, 15) is 0 Å². The summed E-state index contributed by atoms with van der Waals surface area (Å²) in [4.78, 5) is 0. The minimum absolute atomic E-state index is 0.584. The van der Waals surface area contributed by atoms with Crippen LogP contribution in [0.25, 0.3) is 0 Å². The van der Waals surface area contributed by atoms with Crippen LogP contribution < -0.4 is 0 Å². The molecule has 0 saturated heterocycles. The predicted octanol–water partition coefficient (Wildman–Crippen LogP) is 5.98. The molecule has 0 radical (unpaired) electrons. The fourth-order valence-electron chi connectivity index (χ4n) is 7.68. The third-order valence-corrected chi connectivity index (χ3v) is 8.36. The van der Waals surface area contributed by atoms with Crippen molar-refractivity contribution >= 4 is 0 Å². The molecule has 0 aromatic heterocycles. The maximum Gasteiger partial charge on any atom is -0.0200 e. The monoisotopic (exact) mass is 272 g/mol. The highest BCUT2D eigenvalue weighted by molar-refractivity contribution is 5.22. The zero-order chi connectivity index (χ0) is 14.2. The van der Waals surface area contributed by atoms with Crippen molar-refractivity contribution in [2.45, 2.75) is 78.6 Å². The van der Waals surface area contributed by atoms with Crippen molar-refractivity contribution in [3.63, 3.8) is 0 Å². The molecule has 2 bridgehead atoms. The number of rotatable bonds is 0. The van der Waals surface area contributed by atoms with Crippen LogP contribution in [-0.2, 0) is 0 Å². The van der Waals surface area contributed by atoms with Crippen molar-refractivity contribution in [1.29, 1.82) is 0 Å². The van der Waals surface area contributed by atoms with Gasteiger partial charge in [-0.1, -0.05) is 39.3 Å². The fourth-order valence-corrected chi connectivity index (χ4v) is 7.68. The third kappa shape index (κ3) is 1.54. The molecule has 2 unspecified atom stereocenters. The summed E-state index contributed by atoms with van der Waals surface area (Å²) >= 11 is 0. The molecule has 0 heterocycles. The van der Waals surface area contributed by atoms with Crippen molar-refractivity contribution < 1.29 is 0 Å². The van der Waals surface area contributed by atoms with Gasteiger partial charge in [0, 0.05) is 0 Å². The van der Waals surface area contributed by atoms with Crippen LogP contribution in [0.5, 0.6) is 0 Å². The van der Waals surface area contributed by atoms with Crippen molar-refractivity contribution in [3.05, 3.63) is 12.2 Å². The topological polar surface area (TPSA) is 0 Å². The highest BCUT2D eigenvalue weighted by Crippen LogP contribution is 2.72. The molecule has 4 rings (SSSR count). The summed E-state index contributed by atoms with van der Waals surface area (Å²) in [5, 5.41) is 0. The molecule has 0 N–H and O–H groups in total. The molecular weight excluding hydrogens is 240 g/mol. The lowest BCUT2D eigenvalue weighted by atomic mass is 9.41. The minimum atomic E-state index is 0.584. The van der Waals surface area contributed by atoms with Crippen LogP contribution >= 0.6 is 0 Å². The lowest BCUT2D eigenvalue weighted by Crippen LogP contribution is -2.55. The Hall–Kier alpha value is -0.260. The van der Waals surface area contributed by atoms with Gasteiger partial charge in [0.1, 0.15) is 0 Å². The molecule has 112 valence electrons. The van der Waals surface area contributed by atoms with Gasteiger partial charge in [-0.25, -0.2) is 0 Å². The Balaban J connectivity index is 1.74. The quantitative estimate of drug-likeness (QED) is 0.476. The molecule has 4 aliphatic carbocycles. The van der Waals surface area contributed by atoms with Gasteiger partial charge in [-0.15, -0.1) is 0 Å². The second kappa shape index (κ2) is 3.93. The van der Waals surface area contributed by atoms with Gasteiger partial charge in [0.15, 0.2) is 0 Å². The summed E-state index contributed by atoms with van der Waals surface area (Å²) in [5.41, 5.74) is 3.51. The van der Waals surface area contributed by atoms with Gasteiger partial charge >= 0.3 is 0 Å². The van der Waals surface area contributed by atoms with Crippen LogP contribution in [0.1, 0.15) is 78.6 Å². The van der Waals surface area contributed by atoms with E-state index in [4.69, 9.17) is 0 Å². The first-order valence-electron chi connectivity index (χ1n) is 9.05. The SMILES string of the molecule is C=C1CC23CC[C@@H]4C(C)(C)CCC[C@@]4(C)[C@H]2CCC1C3. The van der Waals surface area contributed by atoms with E-state index >= 15 is 0 Å². The summed E-state index contributed by atoms with van der Waals surface area (Å²) in [6.07, 6.45) is 13.3. The summed E-state index contributed by atoms with van der Waals surface area (Å²) in [7, 11) is 0. The summed E-state index contributed by atoms with van der Waals surface area (Å²) in [5.74, 6) is 2.87. The van der Waals surface area contributed by atoms with E-state index in [1.54, 1.807) is 5.57 Å². The van der Waals surface area contributed by atoms with Gasteiger partial charge in [-0.2, -0.15) is 0 Å². The summed E-state index contributed by atoms with van der Waals surface area (Å²) < 4.78 is 0. The second-order valence-electron chi connectivity index (χ2n) is 9.67. The maximum absolute atomic E-state index is 4.44. The van der Waals surface area contributed by atoms with Crippen molar-refractivity contribution in [3.8, 4) is 0 Å². The smallest absolute Gasteiger partial charge is 0.0200 e. The van der Waals surface area contributed by atoms with Crippen molar-refractivity contribution in [2.24, 2.45) is 34.0 Å². The molecule has 0 aromatic rings. The van der Waals surface area contributed by atoms with E-state index < -0.39 is 0 Å². The fraction of sp³-hybridized carbons (Fsp3) is 0.900. The Labute approximate surface area is 125 Å². The Morgan fingerprint density at radius 3 is 2.55 bits per heavy atom. The molecule has 0 aliphatic heterocycles. The van der Waals surface area contributed by atoms with E-state index in [-0.39, 0.29) is 0 Å². The molecule has 4 aliphatic rings. The standard InChI is InChI=1S/C20H32/c1-14-12-20-11-8-16-18(2,3)9-5-10-19(16,4)17(20)7-6-15(14)13-20/h15-17H,1,5-13H2,2-4H3/t15?,16-,17-,19-,20?/m1/s1. The lowest BCUT2D eigenvalue weighted by Gasteiger charge is -2.64. The van der Waals surface area contributed by atoms with Crippen LogP contribution in [0.15, 0.2) is 12.2 Å². The second-order valence-corrected chi connectivity index (χ2v) is 9.67. The molecule has 4 fully saturated rings.